The maximum absolute atomic E-state index is 13.9. The summed E-state index contributed by atoms with van der Waals surface area (Å²) in [7, 11) is 0. The number of carbonyl (C=O) groups excluding carboxylic acids is 3. The van der Waals surface area contributed by atoms with E-state index < -0.39 is 29.6 Å². The fraction of sp³-hybridized carbons (Fsp3) is 0.364. The van der Waals surface area contributed by atoms with Crippen LogP contribution >= 0.6 is 0 Å². The van der Waals surface area contributed by atoms with Gasteiger partial charge in [0.15, 0.2) is 0 Å². The lowest BCUT2D eigenvalue weighted by Crippen LogP contribution is -2.45. The minimum atomic E-state index is -0.722. The highest BCUT2D eigenvalue weighted by Crippen LogP contribution is 2.16. The van der Waals surface area contributed by atoms with Crippen molar-refractivity contribution in [1.82, 2.24) is 15.5 Å². The van der Waals surface area contributed by atoms with E-state index in [9.17, 15) is 23.2 Å². The molecule has 0 radical (unpaired) electrons. The van der Waals surface area contributed by atoms with E-state index in [1.165, 1.54) is 12.1 Å². The molecular formula is C33H40F2N4O3. The summed E-state index contributed by atoms with van der Waals surface area (Å²) in [4.78, 5) is 40.9. The molecule has 42 heavy (non-hydrogen) atoms. The normalized spacial score (nSPS) is 12.3. The third kappa shape index (κ3) is 9.76. The molecule has 3 aromatic carbocycles. The molecule has 0 fully saturated rings. The van der Waals surface area contributed by atoms with Crippen LogP contribution in [0.3, 0.4) is 0 Å². The first kappa shape index (κ1) is 32.4. The van der Waals surface area contributed by atoms with Crippen LogP contribution in [-0.2, 0) is 6.42 Å². The average molecular weight is 579 g/mol. The van der Waals surface area contributed by atoms with E-state index in [1.807, 2.05) is 26.8 Å². The van der Waals surface area contributed by atoms with Crippen LogP contribution in [0.1, 0.15) is 75.3 Å². The zero-order valence-electron chi connectivity index (χ0n) is 24.5. The molecule has 0 saturated heterocycles. The number of nitrogens with one attached hydrogen (secondary N) is 2. The van der Waals surface area contributed by atoms with Crippen LogP contribution in [0, 0.1) is 18.6 Å². The van der Waals surface area contributed by atoms with E-state index in [2.05, 4.69) is 10.6 Å². The minimum absolute atomic E-state index is 0.110. The average Bonchev–Trinajstić information content (AvgIpc) is 2.95. The lowest BCUT2D eigenvalue weighted by molar-refractivity contribution is 0.0755. The van der Waals surface area contributed by atoms with E-state index in [0.29, 0.717) is 35.3 Å². The van der Waals surface area contributed by atoms with Gasteiger partial charge in [-0.15, -0.1) is 0 Å². The summed E-state index contributed by atoms with van der Waals surface area (Å²) in [5.74, 6) is -2.30. The zero-order chi connectivity index (χ0) is 30.6. The summed E-state index contributed by atoms with van der Waals surface area (Å²) in [5.41, 5.74) is 8.66. The van der Waals surface area contributed by atoms with Crippen molar-refractivity contribution in [2.45, 2.75) is 58.5 Å². The van der Waals surface area contributed by atoms with Crippen LogP contribution in [0.2, 0.25) is 0 Å². The molecule has 224 valence electrons. The molecular weight excluding hydrogens is 538 g/mol. The van der Waals surface area contributed by atoms with Crippen molar-refractivity contribution in [3.8, 4) is 0 Å². The van der Waals surface area contributed by atoms with E-state index >= 15 is 0 Å². The molecule has 0 spiro atoms. The fourth-order valence-electron chi connectivity index (χ4n) is 4.91. The molecule has 9 heteroatoms. The largest absolute Gasteiger partial charge is 0.350 e. The van der Waals surface area contributed by atoms with Crippen LogP contribution in [-0.4, -0.2) is 54.3 Å². The second-order valence-electron chi connectivity index (χ2n) is 10.6. The number of carbonyl (C=O) groups is 3. The van der Waals surface area contributed by atoms with Gasteiger partial charge in [-0.2, -0.15) is 0 Å². The SMILES string of the molecule is CCCN(CCC)C(=O)c1cc(C)cc(C(=O)N[C@@H](Cc2cc(F)cc(F)c2)C[C@H](N)CNC(=O)c2ccccc2)c1. The highest BCUT2D eigenvalue weighted by atomic mass is 19.1. The van der Waals surface area contributed by atoms with E-state index in [0.717, 1.165) is 24.5 Å². The number of nitrogens with zero attached hydrogens (tertiary/aromatic N) is 1. The molecule has 3 aromatic rings. The Morgan fingerprint density at radius 2 is 1.45 bits per heavy atom. The van der Waals surface area contributed by atoms with Gasteiger partial charge in [0.1, 0.15) is 11.6 Å². The summed E-state index contributed by atoms with van der Waals surface area (Å²) in [5, 5.41) is 5.73. The van der Waals surface area contributed by atoms with E-state index in [1.54, 1.807) is 47.4 Å². The van der Waals surface area contributed by atoms with Gasteiger partial charge in [-0.1, -0.05) is 32.0 Å². The first-order valence-electron chi connectivity index (χ1n) is 14.3. The third-order valence-corrected chi connectivity index (χ3v) is 6.75. The molecule has 0 saturated carbocycles. The van der Waals surface area contributed by atoms with Gasteiger partial charge in [-0.3, -0.25) is 14.4 Å². The van der Waals surface area contributed by atoms with Crippen LogP contribution in [0.4, 0.5) is 8.78 Å². The van der Waals surface area contributed by atoms with Gasteiger partial charge in [0, 0.05) is 54.5 Å². The van der Waals surface area contributed by atoms with Gasteiger partial charge in [0.25, 0.3) is 17.7 Å². The van der Waals surface area contributed by atoms with Gasteiger partial charge in [-0.05, 0) is 86.2 Å². The number of amides is 3. The van der Waals surface area contributed by atoms with Gasteiger partial charge in [0.2, 0.25) is 0 Å². The molecule has 7 nitrogen and oxygen atoms in total. The van der Waals surface area contributed by atoms with Gasteiger partial charge >= 0.3 is 0 Å². The number of rotatable bonds is 14. The second kappa shape index (κ2) is 15.8. The molecule has 0 bridgehead atoms. The molecule has 0 aliphatic heterocycles. The smallest absolute Gasteiger partial charge is 0.253 e. The highest BCUT2D eigenvalue weighted by molar-refractivity contribution is 6.00. The summed E-state index contributed by atoms with van der Waals surface area (Å²) in [6.45, 7) is 7.20. The Morgan fingerprint density at radius 3 is 2.07 bits per heavy atom. The molecule has 3 rings (SSSR count). The van der Waals surface area contributed by atoms with Crippen LogP contribution in [0.5, 0.6) is 0 Å². The predicted octanol–water partition coefficient (Wildman–Crippen LogP) is 5.02. The summed E-state index contributed by atoms with van der Waals surface area (Å²) in [6.07, 6.45) is 1.97. The first-order chi connectivity index (χ1) is 20.1. The number of hydrogen-bond acceptors (Lipinski definition) is 4. The summed E-state index contributed by atoms with van der Waals surface area (Å²) >= 11 is 0. The maximum atomic E-state index is 13.9. The van der Waals surface area contributed by atoms with Crippen molar-refractivity contribution in [1.29, 1.82) is 0 Å². The Labute approximate surface area is 246 Å². The Hall–Kier alpha value is -4.11. The van der Waals surface area contributed by atoms with E-state index in [4.69, 9.17) is 5.73 Å². The molecule has 0 aliphatic rings. The number of hydrogen-bond donors (Lipinski definition) is 3. The standard InChI is InChI=1S/C33H40F2N4O3/c1-4-11-39(12-5-2)33(42)26-14-22(3)13-25(18-26)32(41)38-30(17-23-15-27(34)19-28(35)16-23)20-29(36)21-37-31(40)24-9-7-6-8-10-24/h6-10,13-16,18-19,29-30H,4-5,11-12,17,20-21,36H2,1-3H3,(H,37,40)(H,38,41)/t29-,30-/m0/s1. The van der Waals surface area contributed by atoms with Gasteiger partial charge in [0.05, 0.1) is 0 Å². The van der Waals surface area contributed by atoms with Crippen LogP contribution in [0.15, 0.2) is 66.7 Å². The molecule has 3 amide bonds. The van der Waals surface area contributed by atoms with Crippen molar-refractivity contribution in [2.24, 2.45) is 5.73 Å². The lowest BCUT2D eigenvalue weighted by Gasteiger charge is -2.24. The van der Waals surface area contributed by atoms with E-state index in [-0.39, 0.29) is 31.2 Å². The Balaban J connectivity index is 1.78. The van der Waals surface area contributed by atoms with Crippen molar-refractivity contribution in [2.75, 3.05) is 19.6 Å². The number of aryl methyl sites for hydroxylation is 1. The first-order valence-corrected chi connectivity index (χ1v) is 14.3. The molecule has 4 N–H and O–H groups in total. The zero-order valence-corrected chi connectivity index (χ0v) is 24.5. The maximum Gasteiger partial charge on any atom is 0.253 e. The molecule has 0 aromatic heterocycles. The van der Waals surface area contributed by atoms with Crippen molar-refractivity contribution < 1.29 is 23.2 Å². The predicted molar refractivity (Wildman–Crippen MR) is 160 cm³/mol. The molecule has 0 unspecified atom stereocenters. The van der Waals surface area contributed by atoms with Crippen LogP contribution in [0.25, 0.3) is 0 Å². The van der Waals surface area contributed by atoms with Crippen LogP contribution < -0.4 is 16.4 Å². The van der Waals surface area contributed by atoms with Gasteiger partial charge in [-0.25, -0.2) is 8.78 Å². The lowest BCUT2D eigenvalue weighted by atomic mass is 9.98. The quantitative estimate of drug-likeness (QED) is 0.250. The highest BCUT2D eigenvalue weighted by Gasteiger charge is 2.22. The monoisotopic (exact) mass is 578 g/mol. The second-order valence-corrected chi connectivity index (χ2v) is 10.6. The number of nitrogens with two attached hydrogens (primary N) is 1. The summed E-state index contributed by atoms with van der Waals surface area (Å²) in [6, 6.07) is 15.8. The summed E-state index contributed by atoms with van der Waals surface area (Å²) < 4.78 is 27.9. The van der Waals surface area contributed by atoms with Crippen molar-refractivity contribution in [3.05, 3.63) is 106 Å². The van der Waals surface area contributed by atoms with Crippen molar-refractivity contribution >= 4 is 17.7 Å². The fourth-order valence-corrected chi connectivity index (χ4v) is 4.91. The molecule has 2 atom stereocenters. The molecule has 0 heterocycles. The Kier molecular flexibility index (Phi) is 12.2. The van der Waals surface area contributed by atoms with Crippen molar-refractivity contribution in [3.63, 3.8) is 0 Å². The van der Waals surface area contributed by atoms with Gasteiger partial charge < -0.3 is 21.3 Å². The Morgan fingerprint density at radius 1 is 0.833 bits per heavy atom. The topological polar surface area (TPSA) is 105 Å². The number of halogens is 2. The number of benzene rings is 3. The minimum Gasteiger partial charge on any atom is -0.350 e. The third-order valence-electron chi connectivity index (χ3n) is 6.75. The Bertz CT molecular complexity index is 1340. The molecule has 0 aliphatic carbocycles.